The summed E-state index contributed by atoms with van der Waals surface area (Å²) in [4.78, 5) is 13.4. The van der Waals surface area contributed by atoms with Gasteiger partial charge in [0.05, 0.1) is 6.67 Å². The van der Waals surface area contributed by atoms with E-state index in [0.717, 1.165) is 90.8 Å². The highest BCUT2D eigenvalue weighted by Crippen LogP contribution is 2.44. The lowest BCUT2D eigenvalue weighted by Gasteiger charge is -2.19. The van der Waals surface area contributed by atoms with Crippen molar-refractivity contribution in [1.29, 1.82) is 0 Å². The number of aromatic hydroxyl groups is 2. The van der Waals surface area contributed by atoms with Crippen LogP contribution in [0.15, 0.2) is 84.9 Å². The van der Waals surface area contributed by atoms with Gasteiger partial charge < -0.3 is 14.9 Å². The highest BCUT2D eigenvalue weighted by molar-refractivity contribution is 6.01. The van der Waals surface area contributed by atoms with Crippen LogP contribution in [0.1, 0.15) is 58.3 Å². The maximum Gasteiger partial charge on any atom is 0.150 e. The van der Waals surface area contributed by atoms with Crippen molar-refractivity contribution in [2.45, 2.75) is 38.2 Å². The number of alkyl halides is 1. The van der Waals surface area contributed by atoms with Gasteiger partial charge >= 0.3 is 0 Å². The Labute approximate surface area is 251 Å². The molecule has 1 unspecified atom stereocenters. The number of phenols is 2. The lowest BCUT2D eigenvalue weighted by atomic mass is 9.86. The molecule has 6 heteroatoms. The Balaban J connectivity index is 1.37. The normalized spacial score (nSPS) is 17.0. The zero-order valence-corrected chi connectivity index (χ0v) is 24.1. The first-order chi connectivity index (χ1) is 21.0. The molecule has 1 aliphatic carbocycles. The van der Waals surface area contributed by atoms with Crippen LogP contribution in [0.25, 0.3) is 22.3 Å². The molecule has 0 bridgehead atoms. The zero-order valence-electron chi connectivity index (χ0n) is 24.1. The molecule has 2 aliphatic rings. The topological polar surface area (TPSA) is 70.0 Å². The Morgan fingerprint density at radius 1 is 0.860 bits per heavy atom. The van der Waals surface area contributed by atoms with Gasteiger partial charge in [-0.2, -0.15) is 0 Å². The molecular weight excluding hydrogens is 541 g/mol. The first-order valence-corrected chi connectivity index (χ1v) is 15.0. The fraction of sp³-hybridized carbons (Fsp3) is 0.270. The number of rotatable bonds is 9. The van der Waals surface area contributed by atoms with E-state index in [9.17, 15) is 19.4 Å². The summed E-state index contributed by atoms with van der Waals surface area (Å²) in [6, 6.07) is 27.1. The number of carbonyl (C=O) groups excluding carboxylic acids is 1. The molecule has 1 aliphatic heterocycles. The van der Waals surface area contributed by atoms with E-state index in [-0.39, 0.29) is 24.3 Å². The van der Waals surface area contributed by atoms with Crippen LogP contribution in [0.4, 0.5) is 4.39 Å². The number of fused-ring (bicyclic) bond motifs is 1. The highest BCUT2D eigenvalue weighted by atomic mass is 19.1. The number of carbonyl (C=O) groups is 1. The first-order valence-electron chi connectivity index (χ1n) is 15.0. The van der Waals surface area contributed by atoms with Crippen LogP contribution in [0.5, 0.6) is 17.2 Å². The van der Waals surface area contributed by atoms with Gasteiger partial charge in [-0.05, 0) is 95.3 Å². The number of hydrogen-bond acceptors (Lipinski definition) is 5. The summed E-state index contributed by atoms with van der Waals surface area (Å²) in [6.45, 7) is 2.21. The molecular formula is C37H36FNO4. The van der Waals surface area contributed by atoms with Crippen LogP contribution in [0, 0.1) is 0 Å². The summed E-state index contributed by atoms with van der Waals surface area (Å²) in [6.07, 6.45) is 4.98. The monoisotopic (exact) mass is 577 g/mol. The Morgan fingerprint density at radius 3 is 2.35 bits per heavy atom. The second-order valence-electron chi connectivity index (χ2n) is 11.4. The van der Waals surface area contributed by atoms with Gasteiger partial charge in [0.25, 0.3) is 0 Å². The maximum absolute atomic E-state index is 12.6. The average molecular weight is 578 g/mol. The number of likely N-dealkylation sites (tertiary alicyclic amines) is 1. The molecule has 1 fully saturated rings. The van der Waals surface area contributed by atoms with Gasteiger partial charge in [0.1, 0.15) is 29.6 Å². The molecule has 0 spiro atoms. The molecule has 4 aromatic carbocycles. The quantitative estimate of drug-likeness (QED) is 0.200. The Kier molecular flexibility index (Phi) is 8.57. The summed E-state index contributed by atoms with van der Waals surface area (Å²) < 4.78 is 18.9. The minimum absolute atomic E-state index is 0.0272. The van der Waals surface area contributed by atoms with E-state index < -0.39 is 0 Å². The molecule has 4 aromatic rings. The second-order valence-corrected chi connectivity index (χ2v) is 11.4. The lowest BCUT2D eigenvalue weighted by molar-refractivity contribution is 0.112. The molecule has 1 heterocycles. The van der Waals surface area contributed by atoms with E-state index in [1.54, 1.807) is 12.1 Å². The van der Waals surface area contributed by atoms with E-state index in [2.05, 4.69) is 35.2 Å². The van der Waals surface area contributed by atoms with Crippen molar-refractivity contribution in [3.8, 4) is 28.4 Å². The summed E-state index contributed by atoms with van der Waals surface area (Å²) in [5, 5.41) is 20.9. The van der Waals surface area contributed by atoms with Crippen molar-refractivity contribution in [1.82, 2.24) is 4.90 Å². The summed E-state index contributed by atoms with van der Waals surface area (Å²) in [5.41, 5.74) is 8.96. The molecule has 0 amide bonds. The highest BCUT2D eigenvalue weighted by Gasteiger charge is 2.25. The van der Waals surface area contributed by atoms with Crippen LogP contribution in [-0.4, -0.2) is 53.8 Å². The minimum atomic E-state index is -0.290. The Morgan fingerprint density at radius 2 is 1.60 bits per heavy atom. The van der Waals surface area contributed by atoms with Crippen molar-refractivity contribution in [3.05, 3.63) is 113 Å². The molecule has 0 aromatic heterocycles. The first kappa shape index (κ1) is 28.7. The molecule has 220 valence electrons. The number of benzene rings is 4. The Bertz CT molecular complexity index is 1630. The van der Waals surface area contributed by atoms with Crippen molar-refractivity contribution in [3.63, 3.8) is 0 Å². The largest absolute Gasteiger partial charge is 0.508 e. The van der Waals surface area contributed by atoms with Crippen molar-refractivity contribution >= 4 is 17.4 Å². The van der Waals surface area contributed by atoms with Gasteiger partial charge in [-0.1, -0.05) is 54.6 Å². The maximum atomic E-state index is 12.6. The SMILES string of the molecule is O=Cc1ccc(-c2ccc3c(c2)CCCC(c2ccc(O)cc2O)=C3c2ccc(OC3CCN(CCCF)C3)cc2)cc1. The van der Waals surface area contributed by atoms with Crippen molar-refractivity contribution in [2.75, 3.05) is 26.3 Å². The molecule has 6 rings (SSSR count). The predicted molar refractivity (Wildman–Crippen MR) is 168 cm³/mol. The van der Waals surface area contributed by atoms with Crippen LogP contribution < -0.4 is 4.74 Å². The molecule has 43 heavy (non-hydrogen) atoms. The third kappa shape index (κ3) is 6.35. The molecule has 0 saturated carbocycles. The average Bonchev–Trinajstić information content (AvgIpc) is 3.39. The van der Waals surface area contributed by atoms with Crippen LogP contribution in [0.3, 0.4) is 0 Å². The number of ether oxygens (including phenoxy) is 1. The van der Waals surface area contributed by atoms with Gasteiger partial charge in [-0.3, -0.25) is 14.1 Å². The number of phenolic OH excluding ortho intramolecular Hbond substituents is 2. The fourth-order valence-corrected chi connectivity index (χ4v) is 6.37. The van der Waals surface area contributed by atoms with Gasteiger partial charge in [-0.25, -0.2) is 0 Å². The van der Waals surface area contributed by atoms with Crippen LogP contribution in [-0.2, 0) is 6.42 Å². The van der Waals surface area contributed by atoms with Crippen molar-refractivity contribution < 1.29 is 24.1 Å². The van der Waals surface area contributed by atoms with Gasteiger partial charge in [0.15, 0.2) is 0 Å². The van der Waals surface area contributed by atoms with Gasteiger partial charge in [0, 0.05) is 36.8 Å². The van der Waals surface area contributed by atoms with Gasteiger partial charge in [-0.15, -0.1) is 0 Å². The number of halogens is 1. The molecule has 0 radical (unpaired) electrons. The van der Waals surface area contributed by atoms with E-state index in [4.69, 9.17) is 4.74 Å². The summed E-state index contributed by atoms with van der Waals surface area (Å²) in [7, 11) is 0. The summed E-state index contributed by atoms with van der Waals surface area (Å²) in [5.74, 6) is 0.888. The number of aldehydes is 1. The van der Waals surface area contributed by atoms with E-state index in [1.165, 1.54) is 11.6 Å². The number of allylic oxidation sites excluding steroid dienone is 1. The fourth-order valence-electron chi connectivity index (χ4n) is 6.37. The molecule has 2 N–H and O–H groups in total. The van der Waals surface area contributed by atoms with E-state index in [1.807, 2.05) is 36.4 Å². The van der Waals surface area contributed by atoms with Crippen LogP contribution >= 0.6 is 0 Å². The van der Waals surface area contributed by atoms with Crippen molar-refractivity contribution in [2.24, 2.45) is 0 Å². The van der Waals surface area contributed by atoms with Gasteiger partial charge in [0.2, 0.25) is 0 Å². The zero-order chi connectivity index (χ0) is 29.8. The number of nitrogens with zero attached hydrogens (tertiary/aromatic N) is 1. The smallest absolute Gasteiger partial charge is 0.150 e. The lowest BCUT2D eigenvalue weighted by Crippen LogP contribution is -2.26. The third-order valence-electron chi connectivity index (χ3n) is 8.52. The minimum Gasteiger partial charge on any atom is -0.508 e. The number of hydrogen-bond donors (Lipinski definition) is 2. The second kappa shape index (κ2) is 12.8. The standard InChI is InChI=1S/C37H36FNO4/c38-18-2-19-39-20-17-32(23-39)43-31-13-9-27(10-14-31)37-33-15-11-28(26-7-5-25(24-40)6-8-26)21-29(33)3-1-4-35(37)34-16-12-30(41)22-36(34)42/h5-16,21-22,24,32,41-42H,1-4,17-20,23H2. The predicted octanol–water partition coefficient (Wildman–Crippen LogP) is 7.69. The third-order valence-corrected chi connectivity index (χ3v) is 8.52. The molecule has 1 saturated heterocycles. The molecule has 1 atom stereocenters. The summed E-state index contributed by atoms with van der Waals surface area (Å²) >= 11 is 0. The van der Waals surface area contributed by atoms with E-state index in [0.29, 0.717) is 17.5 Å². The number of aryl methyl sites for hydroxylation is 1. The van der Waals surface area contributed by atoms with Crippen LogP contribution in [0.2, 0.25) is 0 Å². The Hall–Kier alpha value is -4.42. The van der Waals surface area contributed by atoms with E-state index >= 15 is 0 Å². The molecule has 5 nitrogen and oxygen atoms in total.